The summed E-state index contributed by atoms with van der Waals surface area (Å²) in [5.41, 5.74) is 1.89. The second-order valence-electron chi connectivity index (χ2n) is 5.36. The predicted octanol–water partition coefficient (Wildman–Crippen LogP) is 2.92. The molecule has 1 aromatic heterocycles. The zero-order chi connectivity index (χ0) is 14.5. The number of rotatable bonds is 6. The molecule has 1 heterocycles. The average Bonchev–Trinajstić information content (AvgIpc) is 2.85. The first kappa shape index (κ1) is 14.4. The molecule has 0 aliphatic carbocycles. The quantitative estimate of drug-likeness (QED) is 0.759. The topological polar surface area (TPSA) is 47.8 Å². The smallest absolute Gasteiger partial charge is 0.170 e. The fraction of sp³-hybridized carbons (Fsp3) is 0.438. The molecular weight excluding hydrogens is 250 g/mol. The molecule has 0 atom stereocenters. The predicted molar refractivity (Wildman–Crippen MR) is 78.7 cm³/mol. The van der Waals surface area contributed by atoms with Crippen molar-refractivity contribution in [3.8, 4) is 0 Å². The normalized spacial score (nSPS) is 11.0. The van der Waals surface area contributed by atoms with Gasteiger partial charge in [0.2, 0.25) is 0 Å². The van der Waals surface area contributed by atoms with Crippen LogP contribution < -0.4 is 0 Å². The molecule has 0 aliphatic heterocycles. The van der Waals surface area contributed by atoms with Crippen molar-refractivity contribution >= 4 is 5.78 Å². The van der Waals surface area contributed by atoms with Crippen LogP contribution in [-0.4, -0.2) is 20.5 Å². The third kappa shape index (κ3) is 3.32. The van der Waals surface area contributed by atoms with Crippen LogP contribution in [0.3, 0.4) is 0 Å². The molecule has 4 nitrogen and oxygen atoms in total. The number of ketones is 1. The number of hydrogen-bond acceptors (Lipinski definition) is 3. The molecule has 0 saturated carbocycles. The molecule has 0 spiro atoms. The van der Waals surface area contributed by atoms with Crippen LogP contribution >= 0.6 is 0 Å². The van der Waals surface area contributed by atoms with E-state index in [0.29, 0.717) is 12.3 Å². The fourth-order valence-electron chi connectivity index (χ4n) is 2.26. The molecule has 0 fully saturated rings. The van der Waals surface area contributed by atoms with Gasteiger partial charge in [0.05, 0.1) is 6.42 Å². The number of aryl methyl sites for hydroxylation is 1. The third-order valence-electron chi connectivity index (χ3n) is 3.25. The first-order valence-electron chi connectivity index (χ1n) is 7.09. The maximum atomic E-state index is 12.4. The molecule has 0 N–H and O–H groups in total. The molecule has 1 aromatic carbocycles. The SMILES string of the molecule is CCc1ccccc1C(=O)Cc1ncnn1CC(C)C. The van der Waals surface area contributed by atoms with Gasteiger partial charge in [-0.2, -0.15) is 5.10 Å². The highest BCUT2D eigenvalue weighted by Gasteiger charge is 2.15. The van der Waals surface area contributed by atoms with Crippen LogP contribution in [0.15, 0.2) is 30.6 Å². The van der Waals surface area contributed by atoms with Crippen molar-refractivity contribution in [2.45, 2.75) is 40.2 Å². The van der Waals surface area contributed by atoms with Gasteiger partial charge >= 0.3 is 0 Å². The molecular formula is C16H21N3O. The van der Waals surface area contributed by atoms with Crippen LogP contribution in [0.2, 0.25) is 0 Å². The van der Waals surface area contributed by atoms with Crippen molar-refractivity contribution in [3.63, 3.8) is 0 Å². The first-order chi connectivity index (χ1) is 9.61. The lowest BCUT2D eigenvalue weighted by molar-refractivity contribution is 0.0988. The van der Waals surface area contributed by atoms with Crippen LogP contribution in [0.1, 0.15) is 42.5 Å². The van der Waals surface area contributed by atoms with E-state index >= 15 is 0 Å². The minimum absolute atomic E-state index is 0.112. The van der Waals surface area contributed by atoms with Crippen molar-refractivity contribution in [3.05, 3.63) is 47.5 Å². The highest BCUT2D eigenvalue weighted by atomic mass is 16.1. The third-order valence-corrected chi connectivity index (χ3v) is 3.25. The minimum Gasteiger partial charge on any atom is -0.294 e. The Labute approximate surface area is 119 Å². The number of hydrogen-bond donors (Lipinski definition) is 0. The van der Waals surface area contributed by atoms with E-state index in [9.17, 15) is 4.79 Å². The number of benzene rings is 1. The number of carbonyl (C=O) groups is 1. The standard InChI is InChI=1S/C16H21N3O/c1-4-13-7-5-6-8-14(13)15(20)9-16-17-11-18-19(16)10-12(2)3/h5-8,11-12H,4,9-10H2,1-3H3. The lowest BCUT2D eigenvalue weighted by Gasteiger charge is -2.09. The summed E-state index contributed by atoms with van der Waals surface area (Å²) >= 11 is 0. The fourth-order valence-corrected chi connectivity index (χ4v) is 2.26. The Morgan fingerprint density at radius 3 is 2.75 bits per heavy atom. The van der Waals surface area contributed by atoms with E-state index in [1.165, 1.54) is 6.33 Å². The maximum Gasteiger partial charge on any atom is 0.170 e. The zero-order valence-corrected chi connectivity index (χ0v) is 12.3. The number of aromatic nitrogens is 3. The minimum atomic E-state index is 0.112. The van der Waals surface area contributed by atoms with Crippen LogP contribution in [0, 0.1) is 5.92 Å². The molecule has 0 saturated heterocycles. The Bertz CT molecular complexity index is 587. The van der Waals surface area contributed by atoms with Crippen molar-refractivity contribution in [1.29, 1.82) is 0 Å². The summed E-state index contributed by atoms with van der Waals surface area (Å²) in [6.07, 6.45) is 2.70. The summed E-state index contributed by atoms with van der Waals surface area (Å²) < 4.78 is 1.83. The first-order valence-corrected chi connectivity index (χ1v) is 7.09. The van der Waals surface area contributed by atoms with Gasteiger partial charge in [-0.25, -0.2) is 9.67 Å². The van der Waals surface area contributed by atoms with Crippen LogP contribution in [0.4, 0.5) is 0 Å². The van der Waals surface area contributed by atoms with E-state index in [2.05, 4.69) is 30.9 Å². The summed E-state index contributed by atoms with van der Waals surface area (Å²) in [6, 6.07) is 7.78. The highest BCUT2D eigenvalue weighted by molar-refractivity contribution is 5.98. The van der Waals surface area contributed by atoms with Gasteiger partial charge in [-0.3, -0.25) is 4.79 Å². The lowest BCUT2D eigenvalue weighted by atomic mass is 10.00. The molecule has 0 unspecified atom stereocenters. The molecule has 2 rings (SSSR count). The van der Waals surface area contributed by atoms with Gasteiger partial charge in [0.1, 0.15) is 12.2 Å². The Kier molecular flexibility index (Phi) is 4.66. The summed E-state index contributed by atoms with van der Waals surface area (Å²) in [5, 5.41) is 4.20. The van der Waals surface area contributed by atoms with Gasteiger partial charge in [0, 0.05) is 12.1 Å². The summed E-state index contributed by atoms with van der Waals surface area (Å²) in [5.74, 6) is 1.34. The van der Waals surface area contributed by atoms with Gasteiger partial charge in [-0.15, -0.1) is 0 Å². The molecule has 0 bridgehead atoms. The second kappa shape index (κ2) is 6.46. The molecule has 0 amide bonds. The monoisotopic (exact) mass is 271 g/mol. The van der Waals surface area contributed by atoms with E-state index in [1.54, 1.807) is 0 Å². The van der Waals surface area contributed by atoms with E-state index in [0.717, 1.165) is 29.9 Å². The van der Waals surface area contributed by atoms with Crippen LogP contribution in [-0.2, 0) is 19.4 Å². The molecule has 4 heteroatoms. The molecule has 20 heavy (non-hydrogen) atoms. The Morgan fingerprint density at radius 1 is 1.30 bits per heavy atom. The lowest BCUT2D eigenvalue weighted by Crippen LogP contribution is -2.15. The molecule has 2 aromatic rings. The molecule has 0 aliphatic rings. The number of nitrogens with zero attached hydrogens (tertiary/aromatic N) is 3. The van der Waals surface area contributed by atoms with Crippen molar-refractivity contribution in [2.24, 2.45) is 5.92 Å². The van der Waals surface area contributed by atoms with Gasteiger partial charge in [0.25, 0.3) is 0 Å². The second-order valence-corrected chi connectivity index (χ2v) is 5.36. The van der Waals surface area contributed by atoms with Gasteiger partial charge in [-0.05, 0) is 17.9 Å². The van der Waals surface area contributed by atoms with Crippen molar-refractivity contribution < 1.29 is 4.79 Å². The summed E-state index contributed by atoms with van der Waals surface area (Å²) in [4.78, 5) is 16.7. The van der Waals surface area contributed by atoms with E-state index < -0.39 is 0 Å². The Hall–Kier alpha value is -1.97. The van der Waals surface area contributed by atoms with Crippen molar-refractivity contribution in [1.82, 2.24) is 14.8 Å². The molecule has 106 valence electrons. The summed E-state index contributed by atoms with van der Waals surface area (Å²) in [7, 11) is 0. The van der Waals surface area contributed by atoms with Crippen LogP contribution in [0.5, 0.6) is 0 Å². The average molecular weight is 271 g/mol. The van der Waals surface area contributed by atoms with Gasteiger partial charge in [0.15, 0.2) is 5.78 Å². The highest BCUT2D eigenvalue weighted by Crippen LogP contribution is 2.13. The van der Waals surface area contributed by atoms with E-state index in [1.807, 2.05) is 28.9 Å². The van der Waals surface area contributed by atoms with Gasteiger partial charge < -0.3 is 0 Å². The number of carbonyl (C=O) groups excluding carboxylic acids is 1. The van der Waals surface area contributed by atoms with E-state index in [-0.39, 0.29) is 5.78 Å². The molecule has 0 radical (unpaired) electrons. The van der Waals surface area contributed by atoms with Gasteiger partial charge in [-0.1, -0.05) is 45.0 Å². The largest absolute Gasteiger partial charge is 0.294 e. The van der Waals surface area contributed by atoms with Crippen LogP contribution in [0.25, 0.3) is 0 Å². The maximum absolute atomic E-state index is 12.4. The zero-order valence-electron chi connectivity index (χ0n) is 12.3. The van der Waals surface area contributed by atoms with Crippen molar-refractivity contribution in [2.75, 3.05) is 0 Å². The number of Topliss-reactive ketones (excluding diaryl/α,β-unsaturated/α-hetero) is 1. The van der Waals surface area contributed by atoms with E-state index in [4.69, 9.17) is 0 Å². The Morgan fingerprint density at radius 2 is 2.05 bits per heavy atom. The Balaban J connectivity index is 2.18. The summed E-state index contributed by atoms with van der Waals surface area (Å²) in [6.45, 7) is 7.10.